The molecule has 0 atom stereocenters. The van der Waals surface area contributed by atoms with Crippen molar-refractivity contribution in [1.29, 1.82) is 0 Å². The number of rotatable bonds is 6. The Labute approximate surface area is 159 Å². The summed E-state index contributed by atoms with van der Waals surface area (Å²) in [7, 11) is 0. The van der Waals surface area contributed by atoms with Gasteiger partial charge in [0.15, 0.2) is 5.78 Å². The number of carbonyl (C=O) groups is 2. The number of carbonyl (C=O) groups excluding carboxylic acids is 2. The predicted molar refractivity (Wildman–Crippen MR) is 103 cm³/mol. The molecule has 5 heteroatoms. The third-order valence-electron chi connectivity index (χ3n) is 4.73. The van der Waals surface area contributed by atoms with Crippen LogP contribution in [0.3, 0.4) is 0 Å². The van der Waals surface area contributed by atoms with Crippen LogP contribution in [0.1, 0.15) is 47.8 Å². The minimum Gasteiger partial charge on any atom is -0.486 e. The number of hydrogen-bond donors (Lipinski definition) is 1. The first kappa shape index (κ1) is 19.1. The maximum atomic E-state index is 12.7. The Balaban J connectivity index is 1.68. The first-order valence-electron chi connectivity index (χ1n) is 9.05. The standard InChI is InChI=1S/C22H25NO4/c1-22(2,3)17-7-4-15(5-8-17)11-23-12-16-6-9-19(10-20(16)21(23)26)27-14-18(25)13-24/h4-10,24H,11-14H2,1-3H3. The molecule has 0 unspecified atom stereocenters. The van der Waals surface area contributed by atoms with Gasteiger partial charge in [-0.05, 0) is 34.2 Å². The van der Waals surface area contributed by atoms with Gasteiger partial charge in [-0.2, -0.15) is 0 Å². The van der Waals surface area contributed by atoms with Gasteiger partial charge in [-0.25, -0.2) is 0 Å². The van der Waals surface area contributed by atoms with Crippen molar-refractivity contribution in [2.45, 2.75) is 39.3 Å². The van der Waals surface area contributed by atoms with Gasteiger partial charge in [-0.3, -0.25) is 9.59 Å². The highest BCUT2D eigenvalue weighted by Gasteiger charge is 2.28. The van der Waals surface area contributed by atoms with Gasteiger partial charge in [0, 0.05) is 18.7 Å². The second kappa shape index (κ2) is 7.53. The lowest BCUT2D eigenvalue weighted by Gasteiger charge is -2.20. The second-order valence-electron chi connectivity index (χ2n) is 7.91. The lowest BCUT2D eigenvalue weighted by molar-refractivity contribution is -0.123. The van der Waals surface area contributed by atoms with Crippen molar-refractivity contribution >= 4 is 11.7 Å². The van der Waals surface area contributed by atoms with Crippen molar-refractivity contribution < 1.29 is 19.4 Å². The summed E-state index contributed by atoms with van der Waals surface area (Å²) < 4.78 is 5.35. The fourth-order valence-electron chi connectivity index (χ4n) is 3.10. The Morgan fingerprint density at radius 2 is 1.85 bits per heavy atom. The van der Waals surface area contributed by atoms with Gasteiger partial charge in [0.2, 0.25) is 0 Å². The van der Waals surface area contributed by atoms with E-state index in [2.05, 4.69) is 45.0 Å². The van der Waals surface area contributed by atoms with Crippen molar-refractivity contribution in [1.82, 2.24) is 4.90 Å². The zero-order chi connectivity index (χ0) is 19.6. The first-order chi connectivity index (χ1) is 12.8. The highest BCUT2D eigenvalue weighted by molar-refractivity contribution is 5.98. The minimum atomic E-state index is -0.550. The molecule has 5 nitrogen and oxygen atoms in total. The van der Waals surface area contributed by atoms with E-state index < -0.39 is 12.4 Å². The van der Waals surface area contributed by atoms with Gasteiger partial charge >= 0.3 is 0 Å². The molecule has 1 aliphatic rings. The normalized spacial score (nSPS) is 13.6. The molecule has 1 heterocycles. The van der Waals surface area contributed by atoms with Crippen LogP contribution < -0.4 is 4.74 Å². The number of nitrogens with zero attached hydrogens (tertiary/aromatic N) is 1. The summed E-state index contributed by atoms with van der Waals surface area (Å²) in [5.41, 5.74) is 4.02. The van der Waals surface area contributed by atoms with Crippen LogP contribution in [0.25, 0.3) is 0 Å². The van der Waals surface area contributed by atoms with Gasteiger partial charge in [-0.1, -0.05) is 51.1 Å². The van der Waals surface area contributed by atoms with Crippen LogP contribution in [0.5, 0.6) is 5.75 Å². The molecule has 0 aliphatic carbocycles. The largest absolute Gasteiger partial charge is 0.486 e. The molecule has 142 valence electrons. The average molecular weight is 367 g/mol. The lowest BCUT2D eigenvalue weighted by atomic mass is 9.87. The van der Waals surface area contributed by atoms with Gasteiger partial charge in [0.05, 0.1) is 0 Å². The number of ketones is 1. The number of aliphatic hydroxyl groups is 1. The van der Waals surface area contributed by atoms with Crippen LogP contribution in [-0.2, 0) is 23.3 Å². The molecule has 2 aromatic carbocycles. The molecule has 0 fully saturated rings. The molecule has 0 bridgehead atoms. The van der Waals surface area contributed by atoms with Crippen LogP contribution in [0.4, 0.5) is 0 Å². The van der Waals surface area contributed by atoms with Crippen LogP contribution in [0.15, 0.2) is 42.5 Å². The molecule has 1 N–H and O–H groups in total. The highest BCUT2D eigenvalue weighted by atomic mass is 16.5. The maximum absolute atomic E-state index is 12.7. The van der Waals surface area contributed by atoms with E-state index in [9.17, 15) is 9.59 Å². The molecular weight excluding hydrogens is 342 g/mol. The van der Waals surface area contributed by atoms with E-state index in [0.29, 0.717) is 24.4 Å². The molecule has 0 spiro atoms. The predicted octanol–water partition coefficient (Wildman–Crippen LogP) is 3.08. The molecule has 0 saturated carbocycles. The molecular formula is C22H25NO4. The average Bonchev–Trinajstić information content (AvgIpc) is 2.95. The molecule has 0 aromatic heterocycles. The number of fused-ring (bicyclic) bond motifs is 1. The summed E-state index contributed by atoms with van der Waals surface area (Å²) in [5.74, 6) is 0.0197. The van der Waals surface area contributed by atoms with E-state index in [0.717, 1.165) is 11.1 Å². The molecule has 1 aliphatic heterocycles. The summed E-state index contributed by atoms with van der Waals surface area (Å²) >= 11 is 0. The summed E-state index contributed by atoms with van der Waals surface area (Å²) in [6, 6.07) is 13.7. The van der Waals surface area contributed by atoms with Crippen LogP contribution >= 0.6 is 0 Å². The van der Waals surface area contributed by atoms with E-state index >= 15 is 0 Å². The molecule has 3 rings (SSSR count). The Morgan fingerprint density at radius 3 is 2.48 bits per heavy atom. The van der Waals surface area contributed by atoms with E-state index in [-0.39, 0.29) is 17.9 Å². The van der Waals surface area contributed by atoms with Crippen molar-refractivity contribution in [3.05, 3.63) is 64.7 Å². The van der Waals surface area contributed by atoms with Crippen LogP contribution in [0.2, 0.25) is 0 Å². The summed E-state index contributed by atoms with van der Waals surface area (Å²) in [6.45, 7) is 6.89. The fourth-order valence-corrected chi connectivity index (χ4v) is 3.10. The van der Waals surface area contributed by atoms with Crippen molar-refractivity contribution in [2.75, 3.05) is 13.2 Å². The number of amides is 1. The van der Waals surface area contributed by atoms with Gasteiger partial charge in [-0.15, -0.1) is 0 Å². The Hall–Kier alpha value is -2.66. The maximum Gasteiger partial charge on any atom is 0.254 e. The van der Waals surface area contributed by atoms with E-state index in [1.54, 1.807) is 17.0 Å². The van der Waals surface area contributed by atoms with Crippen LogP contribution in [0, 0.1) is 0 Å². The topological polar surface area (TPSA) is 66.8 Å². The number of aliphatic hydroxyl groups excluding tert-OH is 1. The molecule has 0 saturated heterocycles. The number of hydrogen-bond acceptors (Lipinski definition) is 4. The second-order valence-corrected chi connectivity index (χ2v) is 7.91. The van der Waals surface area contributed by atoms with Crippen molar-refractivity contribution in [3.8, 4) is 5.75 Å². The smallest absolute Gasteiger partial charge is 0.254 e. The number of benzene rings is 2. The first-order valence-corrected chi connectivity index (χ1v) is 9.05. The summed E-state index contributed by atoms with van der Waals surface area (Å²) in [5, 5.41) is 8.76. The zero-order valence-electron chi connectivity index (χ0n) is 16.0. The highest BCUT2D eigenvalue weighted by Crippen LogP contribution is 2.29. The van der Waals surface area contributed by atoms with E-state index in [1.165, 1.54) is 5.56 Å². The van der Waals surface area contributed by atoms with Gasteiger partial charge in [0.1, 0.15) is 19.0 Å². The van der Waals surface area contributed by atoms with Gasteiger partial charge in [0.25, 0.3) is 5.91 Å². The van der Waals surface area contributed by atoms with Gasteiger partial charge < -0.3 is 14.7 Å². The molecule has 1 amide bonds. The third kappa shape index (κ3) is 4.37. The fraction of sp³-hybridized carbons (Fsp3) is 0.364. The zero-order valence-corrected chi connectivity index (χ0v) is 16.0. The minimum absolute atomic E-state index is 0.0381. The molecule has 0 radical (unpaired) electrons. The van der Waals surface area contributed by atoms with Crippen LogP contribution in [-0.4, -0.2) is 34.9 Å². The van der Waals surface area contributed by atoms with E-state index in [1.807, 2.05) is 6.07 Å². The van der Waals surface area contributed by atoms with Crippen molar-refractivity contribution in [3.63, 3.8) is 0 Å². The number of ether oxygens (including phenoxy) is 1. The Kier molecular flexibility index (Phi) is 5.33. The quantitative estimate of drug-likeness (QED) is 0.852. The number of Topliss-reactive ketones (excluding diaryl/α,β-unsaturated/α-hetero) is 1. The Morgan fingerprint density at radius 1 is 1.15 bits per heavy atom. The third-order valence-corrected chi connectivity index (χ3v) is 4.73. The summed E-state index contributed by atoms with van der Waals surface area (Å²) in [4.78, 5) is 25.7. The SMILES string of the molecule is CC(C)(C)c1ccc(CN2Cc3ccc(OCC(=O)CO)cc3C2=O)cc1. The molecule has 27 heavy (non-hydrogen) atoms. The molecule has 2 aromatic rings. The monoisotopic (exact) mass is 367 g/mol. The van der Waals surface area contributed by atoms with E-state index in [4.69, 9.17) is 9.84 Å². The Bertz CT molecular complexity index is 850. The van der Waals surface area contributed by atoms with Crippen molar-refractivity contribution in [2.24, 2.45) is 0 Å². The summed E-state index contributed by atoms with van der Waals surface area (Å²) in [6.07, 6.45) is 0. The lowest BCUT2D eigenvalue weighted by Crippen LogP contribution is -2.23.